The second-order valence-corrected chi connectivity index (χ2v) is 5.69. The first-order valence-electron chi connectivity index (χ1n) is 7.29. The summed E-state index contributed by atoms with van der Waals surface area (Å²) in [6, 6.07) is 16.8. The van der Waals surface area contributed by atoms with E-state index in [-0.39, 0.29) is 18.4 Å². The van der Waals surface area contributed by atoms with Crippen molar-refractivity contribution < 1.29 is 9.90 Å². The summed E-state index contributed by atoms with van der Waals surface area (Å²) < 4.78 is 0. The molecule has 1 amide bonds. The smallest absolute Gasteiger partial charge is 0.253 e. The lowest BCUT2D eigenvalue weighted by Crippen LogP contribution is -2.31. The molecule has 2 aromatic rings. The summed E-state index contributed by atoms with van der Waals surface area (Å²) in [6.45, 7) is 0.571. The fourth-order valence-electron chi connectivity index (χ4n) is 2.52. The van der Waals surface area contributed by atoms with Gasteiger partial charge in [0.05, 0.1) is 0 Å². The van der Waals surface area contributed by atoms with Crippen LogP contribution in [0.4, 0.5) is 0 Å². The van der Waals surface area contributed by atoms with Crippen LogP contribution >= 0.6 is 11.6 Å². The Morgan fingerprint density at radius 2 is 1.77 bits per heavy atom. The summed E-state index contributed by atoms with van der Waals surface area (Å²) in [5.74, 6) is -0.0213. The third-order valence-corrected chi connectivity index (χ3v) is 4.03. The summed E-state index contributed by atoms with van der Waals surface area (Å²) in [4.78, 5) is 14.1. The number of hydrogen-bond donors (Lipinski definition) is 1. The molecule has 0 heterocycles. The van der Waals surface area contributed by atoms with Gasteiger partial charge in [0.1, 0.15) is 0 Å². The van der Waals surface area contributed by atoms with E-state index in [1.165, 1.54) is 0 Å². The largest absolute Gasteiger partial charge is 0.396 e. The Hall–Kier alpha value is -1.84. The van der Waals surface area contributed by atoms with Crippen molar-refractivity contribution in [2.75, 3.05) is 20.2 Å². The van der Waals surface area contributed by atoms with Crippen molar-refractivity contribution in [3.63, 3.8) is 0 Å². The normalized spacial score (nSPS) is 12.0. The molecule has 0 aliphatic heterocycles. The number of carbonyl (C=O) groups excluding carboxylic acids is 1. The second kappa shape index (κ2) is 7.97. The molecular formula is C18H20ClNO2. The summed E-state index contributed by atoms with van der Waals surface area (Å²) in [5.41, 5.74) is 1.62. The number of amides is 1. The molecule has 0 aliphatic rings. The van der Waals surface area contributed by atoms with Crippen LogP contribution in [0.5, 0.6) is 0 Å². The Bertz CT molecular complexity index is 615. The second-order valence-electron chi connectivity index (χ2n) is 5.28. The van der Waals surface area contributed by atoms with Gasteiger partial charge in [-0.25, -0.2) is 0 Å². The van der Waals surface area contributed by atoms with Crippen LogP contribution in [0.25, 0.3) is 0 Å². The number of aliphatic hydroxyl groups excluding tert-OH is 1. The SMILES string of the molecule is CN(CC(CCO)c1ccccc1Cl)C(=O)c1ccccc1. The number of rotatable bonds is 6. The number of halogens is 1. The summed E-state index contributed by atoms with van der Waals surface area (Å²) in [6.07, 6.45) is 0.566. The van der Waals surface area contributed by atoms with Crippen LogP contribution in [0.3, 0.4) is 0 Å². The zero-order valence-corrected chi connectivity index (χ0v) is 13.3. The van der Waals surface area contributed by atoms with Crippen LogP contribution in [0, 0.1) is 0 Å². The van der Waals surface area contributed by atoms with E-state index in [4.69, 9.17) is 11.6 Å². The minimum Gasteiger partial charge on any atom is -0.396 e. The first-order valence-corrected chi connectivity index (χ1v) is 7.67. The van der Waals surface area contributed by atoms with Crippen molar-refractivity contribution >= 4 is 17.5 Å². The van der Waals surface area contributed by atoms with Gasteiger partial charge in [-0.1, -0.05) is 48.0 Å². The van der Waals surface area contributed by atoms with Crippen molar-refractivity contribution in [1.29, 1.82) is 0 Å². The van der Waals surface area contributed by atoms with Gasteiger partial charge in [-0.3, -0.25) is 4.79 Å². The summed E-state index contributed by atoms with van der Waals surface area (Å²) >= 11 is 6.25. The highest BCUT2D eigenvalue weighted by Crippen LogP contribution is 2.27. The Morgan fingerprint density at radius 3 is 2.41 bits per heavy atom. The van der Waals surface area contributed by atoms with E-state index in [0.717, 1.165) is 5.56 Å². The van der Waals surface area contributed by atoms with Gasteiger partial charge in [0.15, 0.2) is 0 Å². The number of benzene rings is 2. The first kappa shape index (κ1) is 16.5. The molecule has 4 heteroatoms. The van der Waals surface area contributed by atoms with Gasteiger partial charge in [-0.2, -0.15) is 0 Å². The van der Waals surface area contributed by atoms with Gasteiger partial charge in [-0.05, 0) is 30.2 Å². The van der Waals surface area contributed by atoms with Crippen molar-refractivity contribution in [1.82, 2.24) is 4.90 Å². The third kappa shape index (κ3) is 4.09. The van der Waals surface area contributed by atoms with E-state index < -0.39 is 0 Å². The van der Waals surface area contributed by atoms with E-state index in [2.05, 4.69) is 0 Å². The third-order valence-electron chi connectivity index (χ3n) is 3.68. The molecule has 116 valence electrons. The van der Waals surface area contributed by atoms with Crippen molar-refractivity contribution in [3.8, 4) is 0 Å². The maximum Gasteiger partial charge on any atom is 0.253 e. The first-order chi connectivity index (χ1) is 10.6. The molecule has 0 fully saturated rings. The van der Waals surface area contributed by atoms with Crippen LogP contribution in [0.15, 0.2) is 54.6 Å². The number of hydrogen-bond acceptors (Lipinski definition) is 2. The minimum absolute atomic E-state index is 0.0105. The standard InChI is InChI=1S/C18H20ClNO2/c1-20(18(22)14-7-3-2-4-8-14)13-15(11-12-21)16-9-5-6-10-17(16)19/h2-10,15,21H,11-13H2,1H3. The Balaban J connectivity index is 2.14. The number of likely N-dealkylation sites (N-methyl/N-ethyl adjacent to an activating group) is 1. The predicted octanol–water partition coefficient (Wildman–Crippen LogP) is 3.58. The van der Waals surface area contributed by atoms with E-state index in [1.54, 1.807) is 24.1 Å². The zero-order chi connectivity index (χ0) is 15.9. The van der Waals surface area contributed by atoms with Gasteiger partial charge in [0.25, 0.3) is 5.91 Å². The lowest BCUT2D eigenvalue weighted by atomic mass is 9.95. The van der Waals surface area contributed by atoms with Crippen LogP contribution in [0.1, 0.15) is 28.3 Å². The molecule has 0 saturated carbocycles. The molecule has 1 atom stereocenters. The zero-order valence-electron chi connectivity index (χ0n) is 12.6. The molecule has 0 aliphatic carbocycles. The fourth-order valence-corrected chi connectivity index (χ4v) is 2.81. The molecule has 2 aromatic carbocycles. The summed E-state index contributed by atoms with van der Waals surface area (Å²) in [5, 5.41) is 9.98. The molecule has 1 unspecified atom stereocenters. The number of nitrogens with zero attached hydrogens (tertiary/aromatic N) is 1. The molecular weight excluding hydrogens is 298 g/mol. The van der Waals surface area contributed by atoms with Crippen LogP contribution in [0.2, 0.25) is 5.02 Å². The average molecular weight is 318 g/mol. The van der Waals surface area contributed by atoms with Gasteiger partial charge in [0, 0.05) is 36.7 Å². The van der Waals surface area contributed by atoms with Crippen molar-refractivity contribution in [3.05, 3.63) is 70.7 Å². The average Bonchev–Trinajstić information content (AvgIpc) is 2.55. The van der Waals surface area contributed by atoms with E-state index in [0.29, 0.717) is 23.6 Å². The van der Waals surface area contributed by atoms with Crippen molar-refractivity contribution in [2.24, 2.45) is 0 Å². The van der Waals surface area contributed by atoms with Gasteiger partial charge in [0.2, 0.25) is 0 Å². The highest BCUT2D eigenvalue weighted by Gasteiger charge is 2.19. The highest BCUT2D eigenvalue weighted by atomic mass is 35.5. The lowest BCUT2D eigenvalue weighted by molar-refractivity contribution is 0.0781. The minimum atomic E-state index is -0.0319. The molecule has 2 rings (SSSR count). The van der Waals surface area contributed by atoms with E-state index >= 15 is 0 Å². The van der Waals surface area contributed by atoms with E-state index in [9.17, 15) is 9.90 Å². The van der Waals surface area contributed by atoms with Crippen LogP contribution in [-0.4, -0.2) is 36.1 Å². The lowest BCUT2D eigenvalue weighted by Gasteiger charge is -2.25. The predicted molar refractivity (Wildman–Crippen MR) is 89.3 cm³/mol. The molecule has 0 spiro atoms. The molecule has 0 aromatic heterocycles. The Labute approximate surface area is 136 Å². The molecule has 0 radical (unpaired) electrons. The van der Waals surface area contributed by atoms with Crippen LogP contribution < -0.4 is 0 Å². The summed E-state index contributed by atoms with van der Waals surface area (Å²) in [7, 11) is 1.77. The molecule has 0 saturated heterocycles. The Kier molecular flexibility index (Phi) is 5.99. The Morgan fingerprint density at radius 1 is 1.14 bits per heavy atom. The molecule has 22 heavy (non-hydrogen) atoms. The van der Waals surface area contributed by atoms with Gasteiger partial charge < -0.3 is 10.0 Å². The van der Waals surface area contributed by atoms with Gasteiger partial charge in [-0.15, -0.1) is 0 Å². The maximum absolute atomic E-state index is 12.4. The fraction of sp³-hybridized carbons (Fsp3) is 0.278. The van der Waals surface area contributed by atoms with Crippen LogP contribution in [-0.2, 0) is 0 Å². The van der Waals surface area contributed by atoms with Crippen molar-refractivity contribution in [2.45, 2.75) is 12.3 Å². The highest BCUT2D eigenvalue weighted by molar-refractivity contribution is 6.31. The monoisotopic (exact) mass is 317 g/mol. The molecule has 3 nitrogen and oxygen atoms in total. The maximum atomic E-state index is 12.4. The van der Waals surface area contributed by atoms with E-state index in [1.807, 2.05) is 42.5 Å². The topological polar surface area (TPSA) is 40.5 Å². The molecule has 0 bridgehead atoms. The van der Waals surface area contributed by atoms with Gasteiger partial charge >= 0.3 is 0 Å². The molecule has 1 N–H and O–H groups in total. The number of carbonyl (C=O) groups is 1. The number of aliphatic hydroxyl groups is 1. The quantitative estimate of drug-likeness (QED) is 0.884.